The van der Waals surface area contributed by atoms with E-state index in [1.807, 2.05) is 12.1 Å². The van der Waals surface area contributed by atoms with Crippen LogP contribution in [0, 0.1) is 5.92 Å². The van der Waals surface area contributed by atoms with E-state index in [0.29, 0.717) is 24.2 Å². The molecule has 6 rings (SSSR count). The molecular formula is C28H26F3NO4S. The quantitative estimate of drug-likeness (QED) is 0.308. The molecule has 2 bridgehead atoms. The number of alkyl halides is 3. The van der Waals surface area contributed by atoms with Crippen LogP contribution < -0.4 is 4.18 Å². The minimum Gasteiger partial charge on any atom is -0.376 e. The van der Waals surface area contributed by atoms with E-state index in [0.717, 1.165) is 54.5 Å². The molecule has 194 valence electrons. The number of halogens is 3. The first-order chi connectivity index (χ1) is 17.6. The van der Waals surface area contributed by atoms with Gasteiger partial charge in [-0.05, 0) is 71.3 Å². The van der Waals surface area contributed by atoms with Crippen molar-refractivity contribution in [1.29, 1.82) is 0 Å². The molecule has 0 amide bonds. The third-order valence-corrected chi connectivity index (χ3v) is 9.45. The van der Waals surface area contributed by atoms with Crippen LogP contribution in [0.4, 0.5) is 13.2 Å². The summed E-state index contributed by atoms with van der Waals surface area (Å²) in [6, 6.07) is 18.1. The minimum atomic E-state index is -5.80. The van der Waals surface area contributed by atoms with Crippen molar-refractivity contribution in [3.8, 4) is 5.75 Å². The molecule has 0 spiro atoms. The zero-order valence-electron chi connectivity index (χ0n) is 20.0. The molecule has 3 aliphatic rings. The summed E-state index contributed by atoms with van der Waals surface area (Å²) in [6.07, 6.45) is 4.34. The summed E-state index contributed by atoms with van der Waals surface area (Å²) in [5, 5.41) is 2.30. The van der Waals surface area contributed by atoms with Crippen LogP contribution in [-0.2, 0) is 22.1 Å². The Morgan fingerprint density at radius 3 is 2.54 bits per heavy atom. The molecule has 1 saturated carbocycles. The lowest BCUT2D eigenvalue weighted by Gasteiger charge is -2.58. The molecule has 2 aliphatic carbocycles. The smallest absolute Gasteiger partial charge is 0.376 e. The van der Waals surface area contributed by atoms with Crippen LogP contribution in [0.1, 0.15) is 53.6 Å². The van der Waals surface area contributed by atoms with Gasteiger partial charge >= 0.3 is 15.6 Å². The summed E-state index contributed by atoms with van der Waals surface area (Å²) in [7, 11) is -5.80. The Morgan fingerprint density at radius 2 is 1.76 bits per heavy atom. The van der Waals surface area contributed by atoms with Crippen LogP contribution in [0.3, 0.4) is 0 Å². The number of Topliss-reactive ketones (excluding diaryl/α,β-unsaturated/α-hetero) is 1. The van der Waals surface area contributed by atoms with Gasteiger partial charge in [0.25, 0.3) is 0 Å². The molecule has 37 heavy (non-hydrogen) atoms. The van der Waals surface area contributed by atoms with Gasteiger partial charge in [-0.15, -0.1) is 0 Å². The number of nitrogens with zero attached hydrogens (tertiary/aromatic N) is 1. The monoisotopic (exact) mass is 529 g/mol. The second kappa shape index (κ2) is 8.56. The molecule has 0 aromatic heterocycles. The zero-order valence-corrected chi connectivity index (χ0v) is 20.8. The van der Waals surface area contributed by atoms with Crippen molar-refractivity contribution < 1.29 is 30.6 Å². The molecule has 2 fully saturated rings. The maximum atomic E-state index is 13.9. The van der Waals surface area contributed by atoms with Gasteiger partial charge in [-0.1, -0.05) is 49.2 Å². The van der Waals surface area contributed by atoms with Gasteiger partial charge in [0.1, 0.15) is 5.75 Å². The third kappa shape index (κ3) is 3.94. The number of ketones is 1. The summed E-state index contributed by atoms with van der Waals surface area (Å²) < 4.78 is 66.5. The highest BCUT2D eigenvalue weighted by Crippen LogP contribution is 2.56. The molecule has 3 aromatic rings. The van der Waals surface area contributed by atoms with Gasteiger partial charge < -0.3 is 4.18 Å². The molecule has 0 radical (unpaired) electrons. The molecular weight excluding hydrogens is 503 g/mol. The SMILES string of the molecule is O=C1c2ccc(OS(=O)(=O)C(F)(F)F)cc2[C@@]23CCCC[C@H]2[C@@H]1N(Cc1ccc2ccccc2c1)CC3. The summed E-state index contributed by atoms with van der Waals surface area (Å²) in [5.74, 6) is -0.437. The first-order valence-electron chi connectivity index (χ1n) is 12.5. The molecule has 1 saturated heterocycles. The zero-order chi connectivity index (χ0) is 26.0. The van der Waals surface area contributed by atoms with Gasteiger partial charge in [0, 0.05) is 24.1 Å². The van der Waals surface area contributed by atoms with Gasteiger partial charge in [0.2, 0.25) is 0 Å². The first kappa shape index (κ1) is 24.4. The van der Waals surface area contributed by atoms with Crippen molar-refractivity contribution in [3.63, 3.8) is 0 Å². The molecule has 9 heteroatoms. The van der Waals surface area contributed by atoms with Crippen LogP contribution >= 0.6 is 0 Å². The number of carbonyl (C=O) groups excluding carboxylic acids is 1. The largest absolute Gasteiger partial charge is 0.534 e. The summed E-state index contributed by atoms with van der Waals surface area (Å²) in [6.45, 7) is 1.30. The maximum absolute atomic E-state index is 13.9. The predicted octanol–water partition coefficient (Wildman–Crippen LogP) is 5.97. The van der Waals surface area contributed by atoms with Gasteiger partial charge in [0.05, 0.1) is 6.04 Å². The highest BCUT2D eigenvalue weighted by molar-refractivity contribution is 7.88. The van der Waals surface area contributed by atoms with E-state index in [1.54, 1.807) is 0 Å². The van der Waals surface area contributed by atoms with Gasteiger partial charge in [-0.2, -0.15) is 21.6 Å². The maximum Gasteiger partial charge on any atom is 0.534 e. The fraction of sp³-hybridized carbons (Fsp3) is 0.393. The van der Waals surface area contributed by atoms with Crippen LogP contribution in [0.5, 0.6) is 5.75 Å². The van der Waals surface area contributed by atoms with Crippen molar-refractivity contribution in [2.24, 2.45) is 5.92 Å². The van der Waals surface area contributed by atoms with Gasteiger partial charge in [0.15, 0.2) is 5.78 Å². The van der Waals surface area contributed by atoms with E-state index in [9.17, 15) is 26.4 Å². The van der Waals surface area contributed by atoms with Crippen molar-refractivity contribution in [2.75, 3.05) is 6.54 Å². The van der Waals surface area contributed by atoms with Crippen LogP contribution in [0.15, 0.2) is 60.7 Å². The Balaban J connectivity index is 1.37. The Bertz CT molecular complexity index is 1500. The topological polar surface area (TPSA) is 63.7 Å². The number of rotatable bonds is 4. The molecule has 1 aliphatic heterocycles. The van der Waals surface area contributed by atoms with Crippen LogP contribution in [0.25, 0.3) is 10.8 Å². The number of hydrogen-bond acceptors (Lipinski definition) is 5. The third-order valence-electron chi connectivity index (χ3n) is 8.47. The second-order valence-corrected chi connectivity index (χ2v) is 11.9. The lowest BCUT2D eigenvalue weighted by Crippen LogP contribution is -2.63. The van der Waals surface area contributed by atoms with Crippen molar-refractivity contribution in [3.05, 3.63) is 77.4 Å². The number of fused-ring (bicyclic) bond motifs is 2. The fourth-order valence-electron chi connectivity index (χ4n) is 6.88. The first-order valence-corrected chi connectivity index (χ1v) is 13.9. The lowest BCUT2D eigenvalue weighted by molar-refractivity contribution is -0.0500. The second-order valence-electron chi connectivity index (χ2n) is 10.4. The van der Waals surface area contributed by atoms with E-state index >= 15 is 0 Å². The van der Waals surface area contributed by atoms with E-state index in [2.05, 4.69) is 39.4 Å². The van der Waals surface area contributed by atoms with E-state index in [4.69, 9.17) is 0 Å². The van der Waals surface area contributed by atoms with E-state index in [-0.39, 0.29) is 23.2 Å². The fourth-order valence-corrected chi connectivity index (χ4v) is 7.33. The lowest BCUT2D eigenvalue weighted by atomic mass is 9.52. The Kier molecular flexibility index (Phi) is 5.65. The van der Waals surface area contributed by atoms with Gasteiger partial charge in [-0.25, -0.2) is 0 Å². The number of benzene rings is 3. The average Bonchev–Trinajstić information content (AvgIpc) is 2.87. The summed E-state index contributed by atoms with van der Waals surface area (Å²) in [4.78, 5) is 16.1. The molecule has 5 nitrogen and oxygen atoms in total. The molecule has 3 aromatic carbocycles. The standard InChI is InChI=1S/C28H26F3NO4S/c29-28(30,31)37(34,35)36-21-10-11-22-24(16-21)27-12-4-3-7-23(27)25(26(22)33)32(14-13-27)17-18-8-9-19-5-1-2-6-20(19)15-18/h1-2,5-6,8-11,15-16,23,25H,3-4,7,12-14,17H2/t23-,25-,27+/m0/s1. The highest BCUT2D eigenvalue weighted by Gasteiger charge is 2.57. The number of piperidine rings is 1. The Morgan fingerprint density at radius 1 is 0.973 bits per heavy atom. The predicted molar refractivity (Wildman–Crippen MR) is 133 cm³/mol. The molecule has 0 unspecified atom stereocenters. The summed E-state index contributed by atoms with van der Waals surface area (Å²) >= 11 is 0. The van der Waals surface area contributed by atoms with E-state index in [1.165, 1.54) is 12.1 Å². The Hall–Kier alpha value is -2.91. The number of likely N-dealkylation sites (tertiary alicyclic amines) is 1. The van der Waals surface area contributed by atoms with Gasteiger partial charge in [-0.3, -0.25) is 9.69 Å². The van der Waals surface area contributed by atoms with Crippen LogP contribution in [0.2, 0.25) is 0 Å². The average molecular weight is 530 g/mol. The molecule has 3 atom stereocenters. The van der Waals surface area contributed by atoms with Crippen molar-refractivity contribution in [2.45, 2.75) is 55.6 Å². The number of hydrogen-bond donors (Lipinski definition) is 0. The molecule has 1 heterocycles. The highest BCUT2D eigenvalue weighted by atomic mass is 32.2. The van der Waals surface area contributed by atoms with Crippen molar-refractivity contribution in [1.82, 2.24) is 4.90 Å². The normalized spacial score (nSPS) is 26.0. The number of carbonyl (C=O) groups is 1. The van der Waals surface area contributed by atoms with E-state index < -0.39 is 21.4 Å². The minimum absolute atomic E-state index is 0.0185. The Labute approximate surface area is 213 Å². The summed E-state index contributed by atoms with van der Waals surface area (Å²) in [5.41, 5.74) is -3.68. The van der Waals surface area contributed by atoms with Crippen molar-refractivity contribution >= 4 is 26.7 Å². The van der Waals surface area contributed by atoms with Crippen LogP contribution in [-0.4, -0.2) is 37.2 Å². The molecule has 0 N–H and O–H groups in total.